The Morgan fingerprint density at radius 1 is 1.13 bits per heavy atom. The molecule has 0 fully saturated rings. The number of hydrogen-bond acceptors (Lipinski definition) is 3. The van der Waals surface area contributed by atoms with Crippen molar-refractivity contribution >= 4 is 12.2 Å². The quantitative estimate of drug-likeness (QED) is 0.804. The number of halogens is 1. The van der Waals surface area contributed by atoms with Gasteiger partial charge in [-0.1, -0.05) is 35.6 Å². The molecule has 23 heavy (non-hydrogen) atoms. The zero-order valence-electron chi connectivity index (χ0n) is 12.8. The second-order valence-corrected chi connectivity index (χ2v) is 5.26. The van der Waals surface area contributed by atoms with Gasteiger partial charge in [-0.2, -0.15) is 0 Å². The van der Waals surface area contributed by atoms with Crippen molar-refractivity contribution in [3.8, 4) is 5.69 Å². The van der Waals surface area contributed by atoms with Gasteiger partial charge < -0.3 is 5.73 Å². The molecule has 0 spiro atoms. The lowest BCUT2D eigenvalue weighted by atomic mass is 10.1. The Bertz CT molecular complexity index is 834. The minimum absolute atomic E-state index is 0.253. The fraction of sp³-hybridized carbons (Fsp3) is 0.111. The summed E-state index contributed by atoms with van der Waals surface area (Å²) in [5.41, 5.74) is 10.3. The smallest absolute Gasteiger partial charge is 0.123 e. The van der Waals surface area contributed by atoms with Crippen LogP contribution in [0.15, 0.2) is 48.5 Å². The van der Waals surface area contributed by atoms with E-state index in [2.05, 4.69) is 10.3 Å². The Hall–Kier alpha value is -2.79. The zero-order valence-corrected chi connectivity index (χ0v) is 12.8. The summed E-state index contributed by atoms with van der Waals surface area (Å²) in [7, 11) is 0. The minimum Gasteiger partial charge on any atom is -0.325 e. The van der Waals surface area contributed by atoms with E-state index in [9.17, 15) is 4.39 Å². The summed E-state index contributed by atoms with van der Waals surface area (Å²) in [6.07, 6.45) is 3.79. The molecule has 3 aromatic rings. The molecule has 0 bridgehead atoms. The molecule has 3 rings (SSSR count). The lowest BCUT2D eigenvalue weighted by molar-refractivity contribution is 0.628. The molecule has 1 aromatic heterocycles. The van der Waals surface area contributed by atoms with Gasteiger partial charge in [0.25, 0.3) is 0 Å². The van der Waals surface area contributed by atoms with Crippen LogP contribution in [0.3, 0.4) is 0 Å². The molecule has 0 aliphatic heterocycles. The van der Waals surface area contributed by atoms with E-state index in [1.807, 2.05) is 43.3 Å². The Morgan fingerprint density at radius 2 is 1.91 bits per heavy atom. The number of aryl methyl sites for hydroxylation is 1. The fourth-order valence-electron chi connectivity index (χ4n) is 2.33. The SMILES string of the molecule is Cc1cccc(-n2nnc(CN)c2/C=C/c2ccc(F)cc2)c1. The number of nitrogens with zero attached hydrogens (tertiary/aromatic N) is 3. The van der Waals surface area contributed by atoms with Gasteiger partial charge in [-0.25, -0.2) is 9.07 Å². The van der Waals surface area contributed by atoms with Gasteiger partial charge in [0.05, 0.1) is 11.4 Å². The van der Waals surface area contributed by atoms with Gasteiger partial charge in [0.15, 0.2) is 0 Å². The summed E-state index contributed by atoms with van der Waals surface area (Å²) >= 11 is 0. The van der Waals surface area contributed by atoms with Crippen LogP contribution in [0.1, 0.15) is 22.5 Å². The van der Waals surface area contributed by atoms with Gasteiger partial charge in [0, 0.05) is 6.54 Å². The van der Waals surface area contributed by atoms with E-state index in [-0.39, 0.29) is 5.82 Å². The highest BCUT2D eigenvalue weighted by Gasteiger charge is 2.10. The molecule has 0 saturated carbocycles. The molecule has 0 radical (unpaired) electrons. The predicted octanol–water partition coefficient (Wildman–Crippen LogP) is 3.34. The van der Waals surface area contributed by atoms with Crippen molar-refractivity contribution in [1.82, 2.24) is 15.0 Å². The second kappa shape index (κ2) is 6.54. The van der Waals surface area contributed by atoms with Crippen LogP contribution in [-0.4, -0.2) is 15.0 Å². The van der Waals surface area contributed by atoms with Gasteiger partial charge >= 0.3 is 0 Å². The van der Waals surface area contributed by atoms with Gasteiger partial charge in [-0.3, -0.25) is 0 Å². The predicted molar refractivity (Wildman–Crippen MR) is 89.3 cm³/mol. The second-order valence-electron chi connectivity index (χ2n) is 5.26. The van der Waals surface area contributed by atoms with Crippen molar-refractivity contribution in [3.63, 3.8) is 0 Å². The molecule has 0 saturated heterocycles. The molecule has 0 unspecified atom stereocenters. The number of hydrogen-bond donors (Lipinski definition) is 1. The van der Waals surface area contributed by atoms with E-state index in [4.69, 9.17) is 5.73 Å². The molecule has 5 heteroatoms. The summed E-state index contributed by atoms with van der Waals surface area (Å²) < 4.78 is 14.7. The van der Waals surface area contributed by atoms with E-state index in [1.54, 1.807) is 16.8 Å². The van der Waals surface area contributed by atoms with Crippen LogP contribution >= 0.6 is 0 Å². The van der Waals surface area contributed by atoms with Gasteiger partial charge in [-0.05, 0) is 48.4 Å². The van der Waals surface area contributed by atoms with Gasteiger partial charge in [0.1, 0.15) is 11.5 Å². The molecular weight excluding hydrogens is 291 g/mol. The van der Waals surface area contributed by atoms with Crippen LogP contribution in [0.2, 0.25) is 0 Å². The first kappa shape index (κ1) is 15.1. The van der Waals surface area contributed by atoms with Crippen LogP contribution in [0.4, 0.5) is 4.39 Å². The monoisotopic (exact) mass is 308 g/mol. The lowest BCUT2D eigenvalue weighted by Gasteiger charge is -2.05. The molecule has 0 aliphatic carbocycles. The van der Waals surface area contributed by atoms with Crippen LogP contribution < -0.4 is 5.73 Å². The van der Waals surface area contributed by atoms with Crippen molar-refractivity contribution in [2.45, 2.75) is 13.5 Å². The molecule has 0 atom stereocenters. The lowest BCUT2D eigenvalue weighted by Crippen LogP contribution is -2.02. The maximum Gasteiger partial charge on any atom is 0.123 e. The van der Waals surface area contributed by atoms with E-state index in [0.717, 1.165) is 22.5 Å². The number of rotatable bonds is 4. The Labute approximate surface area is 134 Å². The third kappa shape index (κ3) is 3.35. The average Bonchev–Trinajstić information content (AvgIpc) is 2.97. The Balaban J connectivity index is 2.00. The van der Waals surface area contributed by atoms with Crippen LogP contribution in [-0.2, 0) is 6.54 Å². The Morgan fingerprint density at radius 3 is 2.61 bits per heavy atom. The standard InChI is InChI=1S/C18H17FN4/c1-13-3-2-4-16(11-13)23-18(17(12-20)21-22-23)10-7-14-5-8-15(19)9-6-14/h2-11H,12,20H2,1H3/b10-7+. The molecule has 0 aliphatic rings. The molecule has 4 nitrogen and oxygen atoms in total. The molecule has 1 heterocycles. The Kier molecular flexibility index (Phi) is 4.30. The van der Waals surface area contributed by atoms with Crippen LogP contribution in [0.25, 0.3) is 17.8 Å². The number of aromatic nitrogens is 3. The average molecular weight is 308 g/mol. The first-order valence-electron chi connectivity index (χ1n) is 7.33. The summed E-state index contributed by atoms with van der Waals surface area (Å²) in [4.78, 5) is 0. The molecule has 2 N–H and O–H groups in total. The third-order valence-corrected chi connectivity index (χ3v) is 3.52. The van der Waals surface area contributed by atoms with Crippen molar-refractivity contribution in [3.05, 3.63) is 76.9 Å². The van der Waals surface area contributed by atoms with Crippen LogP contribution in [0.5, 0.6) is 0 Å². The maximum absolute atomic E-state index is 13.0. The summed E-state index contributed by atoms with van der Waals surface area (Å²) in [6, 6.07) is 14.3. The highest BCUT2D eigenvalue weighted by Crippen LogP contribution is 2.17. The van der Waals surface area contributed by atoms with Gasteiger partial charge in [-0.15, -0.1) is 5.10 Å². The van der Waals surface area contributed by atoms with E-state index in [0.29, 0.717) is 12.2 Å². The molecule has 0 amide bonds. The maximum atomic E-state index is 13.0. The largest absolute Gasteiger partial charge is 0.325 e. The zero-order chi connectivity index (χ0) is 16.2. The summed E-state index contributed by atoms with van der Waals surface area (Å²) in [6.45, 7) is 2.33. The number of benzene rings is 2. The minimum atomic E-state index is -0.253. The highest BCUT2D eigenvalue weighted by molar-refractivity contribution is 5.69. The first-order chi connectivity index (χ1) is 11.2. The highest BCUT2D eigenvalue weighted by atomic mass is 19.1. The molecule has 2 aromatic carbocycles. The normalized spacial score (nSPS) is 11.3. The van der Waals surface area contributed by atoms with Crippen molar-refractivity contribution in [2.24, 2.45) is 5.73 Å². The summed E-state index contributed by atoms with van der Waals surface area (Å²) in [5.74, 6) is -0.253. The first-order valence-corrected chi connectivity index (χ1v) is 7.33. The van der Waals surface area contributed by atoms with E-state index in [1.165, 1.54) is 12.1 Å². The molecular formula is C18H17FN4. The topological polar surface area (TPSA) is 56.7 Å². The fourth-order valence-corrected chi connectivity index (χ4v) is 2.33. The van der Waals surface area contributed by atoms with Gasteiger partial charge in [0.2, 0.25) is 0 Å². The van der Waals surface area contributed by atoms with E-state index < -0.39 is 0 Å². The van der Waals surface area contributed by atoms with Crippen molar-refractivity contribution in [2.75, 3.05) is 0 Å². The van der Waals surface area contributed by atoms with E-state index >= 15 is 0 Å². The van der Waals surface area contributed by atoms with Crippen molar-refractivity contribution in [1.29, 1.82) is 0 Å². The third-order valence-electron chi connectivity index (χ3n) is 3.52. The molecule has 116 valence electrons. The van der Waals surface area contributed by atoms with Crippen molar-refractivity contribution < 1.29 is 4.39 Å². The summed E-state index contributed by atoms with van der Waals surface area (Å²) in [5, 5.41) is 8.34. The number of nitrogens with two attached hydrogens (primary N) is 1. The van der Waals surface area contributed by atoms with Crippen LogP contribution in [0, 0.1) is 12.7 Å².